The van der Waals surface area contributed by atoms with Gasteiger partial charge in [0.1, 0.15) is 4.21 Å². The lowest BCUT2D eigenvalue weighted by atomic mass is 10.1. The molecule has 0 bridgehead atoms. The zero-order valence-corrected chi connectivity index (χ0v) is 12.4. The average Bonchev–Trinajstić information content (AvgIpc) is 3.06. The average molecular weight is 302 g/mol. The normalized spacial score (nSPS) is 21.7. The summed E-state index contributed by atoms with van der Waals surface area (Å²) in [5.41, 5.74) is 5.56. The molecule has 1 unspecified atom stereocenters. The molecule has 0 radical (unpaired) electrons. The fourth-order valence-electron chi connectivity index (χ4n) is 2.05. The summed E-state index contributed by atoms with van der Waals surface area (Å²) in [5, 5.41) is 4.77. The van der Waals surface area contributed by atoms with Gasteiger partial charge in [-0.2, -0.15) is 4.31 Å². The summed E-state index contributed by atoms with van der Waals surface area (Å²) in [5.74, 6) is 0.662. The van der Waals surface area contributed by atoms with Gasteiger partial charge in [0.05, 0.1) is 0 Å². The second-order valence-electron chi connectivity index (χ2n) is 4.44. The quantitative estimate of drug-likeness (QED) is 0.618. The van der Waals surface area contributed by atoms with E-state index in [-0.39, 0.29) is 5.92 Å². The van der Waals surface area contributed by atoms with Crippen LogP contribution in [0.15, 0.2) is 26.7 Å². The van der Waals surface area contributed by atoms with E-state index in [4.69, 9.17) is 5.73 Å². The number of guanidine groups is 1. The Balaban J connectivity index is 1.95. The molecule has 1 atom stereocenters. The SMILES string of the molecule is CN=C(N)NCC1CCN(S(=O)(=O)c2cccs2)C1. The molecule has 0 saturated carbocycles. The van der Waals surface area contributed by atoms with E-state index in [0.29, 0.717) is 29.8 Å². The van der Waals surface area contributed by atoms with Crippen LogP contribution in [0.2, 0.25) is 0 Å². The van der Waals surface area contributed by atoms with Crippen molar-refractivity contribution in [2.24, 2.45) is 16.6 Å². The molecule has 8 heteroatoms. The number of hydrogen-bond acceptors (Lipinski definition) is 4. The lowest BCUT2D eigenvalue weighted by molar-refractivity contribution is 0.456. The molecule has 1 aromatic rings. The molecule has 1 aliphatic heterocycles. The van der Waals surface area contributed by atoms with Crippen molar-refractivity contribution in [3.05, 3.63) is 17.5 Å². The van der Waals surface area contributed by atoms with Crippen molar-refractivity contribution in [3.8, 4) is 0 Å². The summed E-state index contributed by atoms with van der Waals surface area (Å²) in [6, 6.07) is 3.40. The van der Waals surface area contributed by atoms with E-state index in [0.717, 1.165) is 6.42 Å². The molecule has 1 aliphatic rings. The molecule has 2 rings (SSSR count). The highest BCUT2D eigenvalue weighted by atomic mass is 32.2. The van der Waals surface area contributed by atoms with Gasteiger partial charge in [-0.15, -0.1) is 11.3 Å². The van der Waals surface area contributed by atoms with Crippen molar-refractivity contribution in [3.63, 3.8) is 0 Å². The molecule has 0 aromatic carbocycles. The largest absolute Gasteiger partial charge is 0.370 e. The Morgan fingerprint density at radius 3 is 3.11 bits per heavy atom. The minimum atomic E-state index is -3.31. The van der Waals surface area contributed by atoms with Crippen molar-refractivity contribution in [1.29, 1.82) is 0 Å². The second-order valence-corrected chi connectivity index (χ2v) is 7.55. The number of rotatable bonds is 4. The molecule has 1 fully saturated rings. The van der Waals surface area contributed by atoms with Gasteiger partial charge < -0.3 is 11.1 Å². The third-order valence-electron chi connectivity index (χ3n) is 3.15. The van der Waals surface area contributed by atoms with Crippen LogP contribution in [0.4, 0.5) is 0 Å². The van der Waals surface area contributed by atoms with E-state index >= 15 is 0 Å². The summed E-state index contributed by atoms with van der Waals surface area (Å²) in [6.45, 7) is 1.75. The molecule has 2 heterocycles. The molecular formula is C11H18N4O2S2. The van der Waals surface area contributed by atoms with Gasteiger partial charge in [-0.3, -0.25) is 4.99 Å². The van der Waals surface area contributed by atoms with Crippen LogP contribution in [0.1, 0.15) is 6.42 Å². The van der Waals surface area contributed by atoms with Gasteiger partial charge in [-0.25, -0.2) is 8.42 Å². The highest BCUT2D eigenvalue weighted by Gasteiger charge is 2.32. The van der Waals surface area contributed by atoms with E-state index in [2.05, 4.69) is 10.3 Å². The first-order valence-corrected chi connectivity index (χ1v) is 8.36. The first kappa shape index (κ1) is 14.3. The fraction of sp³-hybridized carbons (Fsp3) is 0.545. The van der Waals surface area contributed by atoms with Crippen molar-refractivity contribution >= 4 is 27.3 Å². The van der Waals surface area contributed by atoms with Gasteiger partial charge in [-0.1, -0.05) is 6.07 Å². The Labute approximate surface area is 117 Å². The maximum atomic E-state index is 12.3. The van der Waals surface area contributed by atoms with Crippen LogP contribution in [-0.4, -0.2) is 45.4 Å². The Bertz CT molecular complexity index is 539. The molecule has 1 aromatic heterocycles. The smallest absolute Gasteiger partial charge is 0.252 e. The van der Waals surface area contributed by atoms with E-state index in [9.17, 15) is 8.42 Å². The van der Waals surface area contributed by atoms with Crippen LogP contribution in [0.3, 0.4) is 0 Å². The minimum Gasteiger partial charge on any atom is -0.370 e. The molecule has 3 N–H and O–H groups in total. The Morgan fingerprint density at radius 2 is 2.47 bits per heavy atom. The van der Waals surface area contributed by atoms with E-state index in [1.165, 1.54) is 11.3 Å². The fourth-order valence-corrected chi connectivity index (χ4v) is 4.72. The molecule has 0 spiro atoms. The van der Waals surface area contributed by atoms with Gasteiger partial charge in [-0.05, 0) is 23.8 Å². The van der Waals surface area contributed by atoms with Crippen molar-refractivity contribution in [2.45, 2.75) is 10.6 Å². The van der Waals surface area contributed by atoms with Gasteiger partial charge in [0.15, 0.2) is 5.96 Å². The van der Waals surface area contributed by atoms with Crippen molar-refractivity contribution < 1.29 is 8.42 Å². The van der Waals surface area contributed by atoms with Crippen molar-refractivity contribution in [1.82, 2.24) is 9.62 Å². The van der Waals surface area contributed by atoms with Crippen LogP contribution < -0.4 is 11.1 Å². The lowest BCUT2D eigenvalue weighted by Crippen LogP contribution is -2.36. The Morgan fingerprint density at radius 1 is 1.68 bits per heavy atom. The summed E-state index contributed by atoms with van der Waals surface area (Å²) in [6.07, 6.45) is 0.842. The van der Waals surface area contributed by atoms with Gasteiger partial charge in [0.25, 0.3) is 10.0 Å². The highest BCUT2D eigenvalue weighted by Crippen LogP contribution is 2.26. The predicted octanol–water partition coefficient (Wildman–Crippen LogP) is 0.293. The maximum Gasteiger partial charge on any atom is 0.252 e. The molecule has 0 aliphatic carbocycles. The summed E-state index contributed by atoms with van der Waals surface area (Å²) in [7, 11) is -1.69. The van der Waals surface area contributed by atoms with E-state index in [1.54, 1.807) is 28.9 Å². The third-order valence-corrected chi connectivity index (χ3v) is 6.39. The number of nitrogens with one attached hydrogen (secondary N) is 1. The highest BCUT2D eigenvalue weighted by molar-refractivity contribution is 7.91. The number of thiophene rings is 1. The first-order chi connectivity index (χ1) is 9.04. The Hall–Kier alpha value is -1.12. The number of nitrogens with two attached hydrogens (primary N) is 1. The number of sulfonamides is 1. The number of aliphatic imine (C=N–C) groups is 1. The zero-order valence-electron chi connectivity index (χ0n) is 10.7. The lowest BCUT2D eigenvalue weighted by Gasteiger charge is -2.15. The summed E-state index contributed by atoms with van der Waals surface area (Å²) >= 11 is 1.26. The van der Waals surface area contributed by atoms with E-state index < -0.39 is 10.0 Å². The van der Waals surface area contributed by atoms with Gasteiger partial charge in [0, 0.05) is 26.7 Å². The molecule has 0 amide bonds. The number of nitrogens with zero attached hydrogens (tertiary/aromatic N) is 2. The van der Waals surface area contributed by atoms with Crippen LogP contribution >= 0.6 is 11.3 Å². The maximum absolute atomic E-state index is 12.3. The summed E-state index contributed by atoms with van der Waals surface area (Å²) in [4.78, 5) is 3.81. The first-order valence-electron chi connectivity index (χ1n) is 6.04. The molecule has 1 saturated heterocycles. The monoisotopic (exact) mass is 302 g/mol. The third kappa shape index (κ3) is 3.26. The van der Waals surface area contributed by atoms with Crippen LogP contribution in [-0.2, 0) is 10.0 Å². The van der Waals surface area contributed by atoms with Gasteiger partial charge >= 0.3 is 0 Å². The predicted molar refractivity (Wildman–Crippen MR) is 76.7 cm³/mol. The van der Waals surface area contributed by atoms with Crippen molar-refractivity contribution in [2.75, 3.05) is 26.7 Å². The minimum absolute atomic E-state index is 0.273. The number of hydrogen-bond donors (Lipinski definition) is 2. The van der Waals surface area contributed by atoms with Crippen LogP contribution in [0.5, 0.6) is 0 Å². The van der Waals surface area contributed by atoms with Gasteiger partial charge in [0.2, 0.25) is 0 Å². The molecule has 6 nitrogen and oxygen atoms in total. The Kier molecular flexibility index (Phi) is 4.43. The molecular weight excluding hydrogens is 284 g/mol. The van der Waals surface area contributed by atoms with Crippen LogP contribution in [0, 0.1) is 5.92 Å². The molecule has 106 valence electrons. The molecule has 19 heavy (non-hydrogen) atoms. The van der Waals surface area contributed by atoms with Crippen LogP contribution in [0.25, 0.3) is 0 Å². The summed E-state index contributed by atoms with van der Waals surface area (Å²) < 4.78 is 26.6. The standard InChI is InChI=1S/C11H18N4O2S2/c1-13-11(12)14-7-9-4-5-15(8-9)19(16,17)10-3-2-6-18-10/h2-3,6,9H,4-5,7-8H2,1H3,(H3,12,13,14). The zero-order chi connectivity index (χ0) is 13.9. The van der Waals surface area contributed by atoms with E-state index in [1.807, 2.05) is 0 Å². The second kappa shape index (κ2) is 5.89. The topological polar surface area (TPSA) is 87.8 Å².